The fraction of sp³-hybridized carbons (Fsp3) is 0.408. The second kappa shape index (κ2) is 28.2. The molecule has 2 aliphatic heterocycles. The van der Waals surface area contributed by atoms with Crippen LogP contribution < -0.4 is 0 Å². The van der Waals surface area contributed by atoms with Crippen molar-refractivity contribution in [3.05, 3.63) is 262 Å². The van der Waals surface area contributed by atoms with E-state index in [2.05, 4.69) is 30.8 Å². The van der Waals surface area contributed by atoms with Crippen LogP contribution >= 0.6 is 7.82 Å². The number of phosphoric acid groups is 1. The quantitative estimate of drug-likeness (QED) is 0.0206. The van der Waals surface area contributed by atoms with E-state index in [1.165, 1.54) is 0 Å². The number of hydrogen-bond acceptors (Lipinski definition) is 14. The van der Waals surface area contributed by atoms with Crippen molar-refractivity contribution in [1.82, 2.24) is 0 Å². The molecule has 7 aromatic carbocycles. The summed E-state index contributed by atoms with van der Waals surface area (Å²) in [5, 5.41) is 4.51. The monoisotopic (exact) mass is 1210 g/mol. The minimum absolute atomic E-state index is 0.00888. The first-order valence-corrected chi connectivity index (χ1v) is 32.1. The molecule has 16 nitrogen and oxygen atoms in total. The van der Waals surface area contributed by atoms with Gasteiger partial charge in [0.1, 0.15) is 61.0 Å². The molecule has 7 aromatic rings. The number of ether oxygens (including phenoxy) is 9. The van der Waals surface area contributed by atoms with Crippen molar-refractivity contribution in [3.63, 3.8) is 0 Å². The van der Waals surface area contributed by atoms with Gasteiger partial charge < -0.3 is 42.6 Å². The first kappa shape index (κ1) is 61.8. The Morgan fingerprint density at radius 1 is 0.500 bits per heavy atom. The molecule has 1 unspecified atom stereocenters. The summed E-state index contributed by atoms with van der Waals surface area (Å²) in [5.41, 5.74) is 16.2. The van der Waals surface area contributed by atoms with Gasteiger partial charge in [-0.15, -0.1) is 0 Å². The average Bonchev–Trinajstić information content (AvgIpc) is 1.52. The predicted molar refractivity (Wildman–Crippen MR) is 329 cm³/mol. The van der Waals surface area contributed by atoms with Crippen LogP contribution in [0.5, 0.6) is 0 Å². The van der Waals surface area contributed by atoms with Gasteiger partial charge in [-0.1, -0.05) is 238 Å². The van der Waals surface area contributed by atoms with E-state index in [1.807, 2.05) is 212 Å². The Bertz CT molecular complexity index is 3350. The summed E-state index contributed by atoms with van der Waals surface area (Å²) in [4.78, 5) is 3.47. The second-order valence-corrected chi connectivity index (χ2v) is 26.0. The standard InChI is InChI=1S/C71H78N3O13P/c1-69(2)57-39-40-70(69,3)71(41-57)85-66-64(80-46-54-33-19-8-20-34-54)62(78-44-52-29-15-6-16-30-52)63(79-45-53-31-17-7-18-32-53)65(67(66)86-71)84-68-59(73-74-72)61(77-43-51-27-13-5-14-28-51)60(58(83-68)49-76-42-50-25-11-4-12-26-50)87-88(75,81-47-55-35-21-9-22-36-55)82-48-56-37-23-10-24-38-56/h4-38,57-68H,39-49H2,1-3H3/t57-,58+,59+,60+,61+,62-,63-,64+,65+,66+,67-,68+,70-,71?/m0/s1. The summed E-state index contributed by atoms with van der Waals surface area (Å²) < 4.78 is 101. The molecule has 3 saturated carbocycles. The number of azide groups is 1. The molecule has 460 valence electrons. The molecule has 0 amide bonds. The Balaban J connectivity index is 0.971. The average molecular weight is 1210 g/mol. The highest BCUT2D eigenvalue weighted by atomic mass is 31.2. The van der Waals surface area contributed by atoms with Crippen LogP contribution in [0.4, 0.5) is 0 Å². The number of benzene rings is 7. The van der Waals surface area contributed by atoms with Crippen LogP contribution in [0.3, 0.4) is 0 Å². The van der Waals surface area contributed by atoms with Crippen molar-refractivity contribution in [2.45, 2.75) is 159 Å². The highest BCUT2D eigenvalue weighted by Gasteiger charge is 2.76. The fourth-order valence-corrected chi connectivity index (χ4v) is 14.9. The molecule has 0 N–H and O–H groups in total. The van der Waals surface area contributed by atoms with E-state index in [9.17, 15) is 5.53 Å². The summed E-state index contributed by atoms with van der Waals surface area (Å²) in [6.45, 7) is 7.32. The van der Waals surface area contributed by atoms with Crippen molar-refractivity contribution in [2.24, 2.45) is 21.9 Å². The van der Waals surface area contributed by atoms with Crippen LogP contribution in [0.15, 0.2) is 217 Å². The summed E-state index contributed by atoms with van der Waals surface area (Å²) >= 11 is 0. The smallest absolute Gasteiger partial charge is 0.374 e. The largest absolute Gasteiger partial charge is 0.475 e. The maximum absolute atomic E-state index is 15.7. The van der Waals surface area contributed by atoms with Crippen LogP contribution in [0.1, 0.15) is 79.0 Å². The SMILES string of the molecule is CC1(C)[C@H]2CC[C@]1(C)C1(C2)O[C@@H]2[C@H](OCc3ccccc3)[C@@H](OCc3ccccc3)[C@H](OCc3ccccc3)[C@@H](O[C@H]3O[C@H](COCc4ccccc4)[C@@H](OP(=O)(OCc4ccccc4)OCc4ccccc4)[C@H](OCc4ccccc4)[C@H]3N=[N+]=[N-])[C@@H]2O1. The van der Waals surface area contributed by atoms with E-state index in [0.29, 0.717) is 12.3 Å². The first-order valence-electron chi connectivity index (χ1n) is 30.6. The predicted octanol–water partition coefficient (Wildman–Crippen LogP) is 14.6. The molecule has 1 spiro atoms. The van der Waals surface area contributed by atoms with E-state index in [4.69, 9.17) is 56.2 Å². The molecular formula is C71H78N3O13P. The molecular weight excluding hydrogens is 1130 g/mol. The lowest BCUT2D eigenvalue weighted by atomic mass is 9.68. The Kier molecular flexibility index (Phi) is 19.8. The van der Waals surface area contributed by atoms with Crippen molar-refractivity contribution >= 4 is 7.82 Å². The molecule has 0 aromatic heterocycles. The van der Waals surface area contributed by atoms with Gasteiger partial charge in [-0.3, -0.25) is 13.6 Å². The second-order valence-electron chi connectivity index (χ2n) is 24.3. The van der Waals surface area contributed by atoms with Crippen LogP contribution in [0, 0.1) is 16.7 Å². The summed E-state index contributed by atoms with van der Waals surface area (Å²) in [6, 6.07) is 66.6. The van der Waals surface area contributed by atoms with Gasteiger partial charge in [0.25, 0.3) is 0 Å². The van der Waals surface area contributed by atoms with Crippen molar-refractivity contribution in [3.8, 4) is 0 Å². The zero-order chi connectivity index (χ0) is 60.4. The van der Waals surface area contributed by atoms with E-state index in [0.717, 1.165) is 51.8 Å². The number of nitrogens with zero attached hydrogens (tertiary/aromatic N) is 3. The molecule has 3 aliphatic carbocycles. The van der Waals surface area contributed by atoms with Gasteiger partial charge in [-0.05, 0) is 68.6 Å². The Morgan fingerprint density at radius 2 is 0.886 bits per heavy atom. The van der Waals surface area contributed by atoms with Gasteiger partial charge in [0.15, 0.2) is 12.1 Å². The summed E-state index contributed by atoms with van der Waals surface area (Å²) in [7, 11) is -4.64. The highest BCUT2D eigenvalue weighted by Crippen LogP contribution is 2.73. The van der Waals surface area contributed by atoms with Gasteiger partial charge in [-0.25, -0.2) is 4.57 Å². The Morgan fingerprint density at radius 3 is 1.30 bits per heavy atom. The maximum atomic E-state index is 15.7. The lowest BCUT2D eigenvalue weighted by Crippen LogP contribution is -2.68. The first-order chi connectivity index (χ1) is 43.0. The number of phosphoric ester groups is 1. The number of rotatable bonds is 27. The molecule has 2 bridgehead atoms. The molecule has 2 saturated heterocycles. The van der Waals surface area contributed by atoms with Gasteiger partial charge in [0.05, 0.1) is 52.9 Å². The minimum Gasteiger partial charge on any atom is -0.374 e. The molecule has 12 rings (SSSR count). The van der Waals surface area contributed by atoms with Gasteiger partial charge in [0.2, 0.25) is 0 Å². The zero-order valence-electron chi connectivity index (χ0n) is 50.0. The molecule has 2 heterocycles. The maximum Gasteiger partial charge on any atom is 0.475 e. The topological polar surface area (TPSA) is 177 Å². The van der Waals surface area contributed by atoms with Gasteiger partial charge in [0, 0.05) is 16.7 Å². The molecule has 5 aliphatic rings. The number of fused-ring (bicyclic) bond motifs is 4. The Hall–Kier alpha value is -6.40. The Labute approximate surface area is 515 Å². The third-order valence-corrected chi connectivity index (χ3v) is 20.1. The lowest BCUT2D eigenvalue weighted by molar-refractivity contribution is -0.324. The third kappa shape index (κ3) is 13.8. The summed E-state index contributed by atoms with van der Waals surface area (Å²) in [5.74, 6) is -0.748. The summed E-state index contributed by atoms with van der Waals surface area (Å²) in [6.07, 6.45) is -7.91. The lowest BCUT2D eigenvalue weighted by Gasteiger charge is -2.50. The molecule has 88 heavy (non-hydrogen) atoms. The van der Waals surface area contributed by atoms with Crippen LogP contribution in [-0.4, -0.2) is 79.7 Å². The minimum atomic E-state index is -4.64. The number of hydrogen-bond donors (Lipinski definition) is 0. The molecule has 17 heteroatoms. The van der Waals surface area contributed by atoms with Crippen molar-refractivity contribution < 1.29 is 60.8 Å². The highest BCUT2D eigenvalue weighted by molar-refractivity contribution is 7.48. The van der Waals surface area contributed by atoms with Crippen molar-refractivity contribution in [2.75, 3.05) is 6.61 Å². The van der Waals surface area contributed by atoms with Crippen LogP contribution in [-0.2, 0) is 107 Å². The van der Waals surface area contributed by atoms with Crippen molar-refractivity contribution in [1.29, 1.82) is 0 Å². The molecule has 0 radical (unpaired) electrons. The van der Waals surface area contributed by atoms with Gasteiger partial charge >= 0.3 is 7.82 Å². The van der Waals surface area contributed by atoms with E-state index in [1.54, 1.807) is 0 Å². The molecule has 5 fully saturated rings. The van der Waals surface area contributed by atoms with Crippen LogP contribution in [0.25, 0.3) is 10.4 Å². The molecule has 14 atom stereocenters. The van der Waals surface area contributed by atoms with Gasteiger partial charge in [-0.2, -0.15) is 0 Å². The van der Waals surface area contributed by atoms with E-state index < -0.39 is 86.3 Å². The fourth-order valence-electron chi connectivity index (χ4n) is 13.6. The van der Waals surface area contributed by atoms with Crippen LogP contribution in [0.2, 0.25) is 0 Å². The normalized spacial score (nSPS) is 29.6. The zero-order valence-corrected chi connectivity index (χ0v) is 50.9. The van der Waals surface area contributed by atoms with E-state index >= 15 is 4.57 Å². The van der Waals surface area contributed by atoms with E-state index in [-0.39, 0.29) is 58.3 Å². The third-order valence-electron chi connectivity index (χ3n) is 18.7.